The summed E-state index contributed by atoms with van der Waals surface area (Å²) in [6, 6.07) is 11.6. The largest absolute Gasteiger partial charge is 0.454 e. The number of nitrogens with zero attached hydrogens (tertiary/aromatic N) is 3. The van der Waals surface area contributed by atoms with Gasteiger partial charge in [-0.2, -0.15) is 0 Å². The van der Waals surface area contributed by atoms with Crippen LogP contribution in [0.3, 0.4) is 0 Å². The second-order valence-electron chi connectivity index (χ2n) is 7.17. The molecule has 5 rings (SSSR count). The van der Waals surface area contributed by atoms with E-state index < -0.39 is 0 Å². The molecule has 0 radical (unpaired) electrons. The maximum absolute atomic E-state index is 12.9. The normalized spacial score (nSPS) is 16.5. The van der Waals surface area contributed by atoms with Crippen LogP contribution in [0.15, 0.2) is 48.8 Å². The van der Waals surface area contributed by atoms with Crippen LogP contribution in [0.2, 0.25) is 0 Å². The Morgan fingerprint density at radius 3 is 2.61 bits per heavy atom. The van der Waals surface area contributed by atoms with E-state index >= 15 is 0 Å². The highest BCUT2D eigenvalue weighted by Crippen LogP contribution is 2.32. The van der Waals surface area contributed by atoms with Crippen molar-refractivity contribution in [2.24, 2.45) is 0 Å². The topological polar surface area (TPSA) is 69.0 Å². The highest BCUT2D eigenvalue weighted by atomic mass is 16.7. The summed E-state index contributed by atoms with van der Waals surface area (Å²) in [5.74, 6) is 1.70. The van der Waals surface area contributed by atoms with Crippen LogP contribution in [0, 0.1) is 0 Å². The maximum Gasteiger partial charge on any atom is 0.254 e. The number of aromatic nitrogens is 2. The van der Waals surface area contributed by atoms with Gasteiger partial charge < -0.3 is 19.3 Å². The molecule has 1 amide bonds. The zero-order valence-electron chi connectivity index (χ0n) is 15.4. The van der Waals surface area contributed by atoms with Crippen molar-refractivity contribution >= 4 is 16.9 Å². The first-order valence-corrected chi connectivity index (χ1v) is 9.48. The fourth-order valence-electron chi connectivity index (χ4n) is 3.82. The van der Waals surface area contributed by atoms with E-state index in [4.69, 9.17) is 9.47 Å². The van der Waals surface area contributed by atoms with E-state index in [0.29, 0.717) is 12.4 Å². The van der Waals surface area contributed by atoms with Gasteiger partial charge in [-0.25, -0.2) is 0 Å². The minimum Gasteiger partial charge on any atom is -0.454 e. The number of fused-ring (bicyclic) bond motifs is 2. The van der Waals surface area contributed by atoms with E-state index in [9.17, 15) is 4.79 Å². The Balaban J connectivity index is 1.22. The third-order valence-electron chi connectivity index (χ3n) is 5.37. The van der Waals surface area contributed by atoms with Crippen LogP contribution in [-0.2, 0) is 6.54 Å². The van der Waals surface area contributed by atoms with Crippen LogP contribution < -0.4 is 14.4 Å². The first-order chi connectivity index (χ1) is 13.8. The summed E-state index contributed by atoms with van der Waals surface area (Å²) in [4.78, 5) is 24.8. The third-order valence-corrected chi connectivity index (χ3v) is 5.37. The van der Waals surface area contributed by atoms with Crippen LogP contribution in [0.4, 0.5) is 0 Å². The number of ether oxygens (including phenoxy) is 2. The number of rotatable bonds is 3. The molecule has 1 saturated heterocycles. The van der Waals surface area contributed by atoms with Crippen molar-refractivity contribution < 1.29 is 19.2 Å². The van der Waals surface area contributed by atoms with Gasteiger partial charge in [0, 0.05) is 23.5 Å². The van der Waals surface area contributed by atoms with Gasteiger partial charge in [0.25, 0.3) is 5.91 Å². The Bertz CT molecular complexity index is 1030. The lowest BCUT2D eigenvalue weighted by atomic mass is 10.1. The zero-order chi connectivity index (χ0) is 18.9. The molecule has 3 heterocycles. The molecule has 7 nitrogen and oxygen atoms in total. The number of amides is 1. The van der Waals surface area contributed by atoms with Gasteiger partial charge >= 0.3 is 0 Å². The molecular formula is C21H21N4O3+. The fourth-order valence-corrected chi connectivity index (χ4v) is 3.82. The van der Waals surface area contributed by atoms with Crippen molar-refractivity contribution in [1.82, 2.24) is 14.9 Å². The van der Waals surface area contributed by atoms with Gasteiger partial charge in [-0.15, -0.1) is 0 Å². The van der Waals surface area contributed by atoms with E-state index in [2.05, 4.69) is 22.1 Å². The van der Waals surface area contributed by atoms with Crippen molar-refractivity contribution in [2.75, 3.05) is 33.0 Å². The standard InChI is InChI=1S/C21H20N4O3/c26-21(16-2-3-17-18(12-16)23-6-5-22-17)25-9-7-24(8-10-25)13-15-1-4-19-20(11-15)28-14-27-19/h1-6,11-12H,7-10,13-14H2/p+1. The lowest BCUT2D eigenvalue weighted by Gasteiger charge is -2.32. The molecule has 7 heteroatoms. The van der Waals surface area contributed by atoms with E-state index in [0.717, 1.165) is 55.3 Å². The van der Waals surface area contributed by atoms with Crippen molar-refractivity contribution in [1.29, 1.82) is 0 Å². The van der Waals surface area contributed by atoms with E-state index in [1.807, 2.05) is 29.2 Å². The molecule has 0 bridgehead atoms. The fraction of sp³-hybridized carbons (Fsp3) is 0.286. The molecular weight excluding hydrogens is 356 g/mol. The Labute approximate surface area is 162 Å². The molecule has 0 aliphatic carbocycles. The molecule has 1 N–H and O–H groups in total. The number of piperazine rings is 1. The summed E-state index contributed by atoms with van der Waals surface area (Å²) in [5.41, 5.74) is 3.46. The lowest BCUT2D eigenvalue weighted by Crippen LogP contribution is -3.13. The van der Waals surface area contributed by atoms with Gasteiger partial charge in [0.05, 0.1) is 37.2 Å². The van der Waals surface area contributed by atoms with Crippen molar-refractivity contribution in [3.63, 3.8) is 0 Å². The van der Waals surface area contributed by atoms with Crippen molar-refractivity contribution in [3.05, 3.63) is 59.9 Å². The highest BCUT2D eigenvalue weighted by molar-refractivity contribution is 5.97. The van der Waals surface area contributed by atoms with Crippen LogP contribution >= 0.6 is 0 Å². The summed E-state index contributed by atoms with van der Waals surface area (Å²) < 4.78 is 10.8. The molecule has 1 aromatic heterocycles. The summed E-state index contributed by atoms with van der Waals surface area (Å²) in [5, 5.41) is 0. The highest BCUT2D eigenvalue weighted by Gasteiger charge is 2.25. The molecule has 2 aliphatic rings. The smallest absolute Gasteiger partial charge is 0.254 e. The number of hydrogen-bond acceptors (Lipinski definition) is 5. The van der Waals surface area contributed by atoms with E-state index in [-0.39, 0.29) is 5.91 Å². The maximum atomic E-state index is 12.9. The lowest BCUT2D eigenvalue weighted by molar-refractivity contribution is -0.917. The molecule has 1 fully saturated rings. The molecule has 2 aromatic carbocycles. The minimum absolute atomic E-state index is 0.0645. The Kier molecular flexibility index (Phi) is 4.29. The first kappa shape index (κ1) is 16.9. The van der Waals surface area contributed by atoms with Crippen LogP contribution in [0.1, 0.15) is 15.9 Å². The molecule has 0 unspecified atom stereocenters. The Morgan fingerprint density at radius 2 is 1.75 bits per heavy atom. The third kappa shape index (κ3) is 3.25. The number of carbonyl (C=O) groups is 1. The summed E-state index contributed by atoms with van der Waals surface area (Å²) >= 11 is 0. The Morgan fingerprint density at radius 1 is 0.964 bits per heavy atom. The van der Waals surface area contributed by atoms with Crippen LogP contribution in [0.5, 0.6) is 11.5 Å². The number of quaternary nitrogens is 1. The van der Waals surface area contributed by atoms with Gasteiger partial charge in [0.2, 0.25) is 6.79 Å². The zero-order valence-corrected chi connectivity index (χ0v) is 15.4. The van der Waals surface area contributed by atoms with E-state index in [1.54, 1.807) is 12.4 Å². The average molecular weight is 377 g/mol. The van der Waals surface area contributed by atoms with Gasteiger partial charge in [-0.05, 0) is 36.4 Å². The Hall–Kier alpha value is -3.19. The summed E-state index contributed by atoms with van der Waals surface area (Å²) in [7, 11) is 0. The van der Waals surface area contributed by atoms with Gasteiger partial charge in [0.15, 0.2) is 11.5 Å². The van der Waals surface area contributed by atoms with Crippen LogP contribution in [-0.4, -0.2) is 53.7 Å². The SMILES string of the molecule is O=C(c1ccc2nccnc2c1)N1CC[NH+](Cc2ccc3c(c2)OCO3)CC1. The van der Waals surface area contributed by atoms with Gasteiger partial charge in [-0.1, -0.05) is 0 Å². The number of nitrogens with one attached hydrogen (secondary N) is 1. The van der Waals surface area contributed by atoms with Crippen molar-refractivity contribution in [3.8, 4) is 11.5 Å². The number of hydrogen-bond donors (Lipinski definition) is 1. The minimum atomic E-state index is 0.0645. The summed E-state index contributed by atoms with van der Waals surface area (Å²) in [6.07, 6.45) is 3.31. The average Bonchev–Trinajstić information content (AvgIpc) is 3.21. The molecule has 3 aromatic rings. The molecule has 142 valence electrons. The second kappa shape index (κ2) is 7.09. The predicted molar refractivity (Wildman–Crippen MR) is 102 cm³/mol. The number of carbonyl (C=O) groups excluding carboxylic acids is 1. The molecule has 0 saturated carbocycles. The quantitative estimate of drug-likeness (QED) is 0.735. The van der Waals surface area contributed by atoms with Gasteiger partial charge in [0.1, 0.15) is 6.54 Å². The molecule has 0 atom stereocenters. The predicted octanol–water partition coefficient (Wildman–Crippen LogP) is 0.899. The monoisotopic (exact) mass is 377 g/mol. The van der Waals surface area contributed by atoms with Crippen LogP contribution in [0.25, 0.3) is 11.0 Å². The molecule has 0 spiro atoms. The molecule has 28 heavy (non-hydrogen) atoms. The first-order valence-electron chi connectivity index (χ1n) is 9.48. The number of benzene rings is 2. The summed E-state index contributed by atoms with van der Waals surface area (Å²) in [6.45, 7) is 4.56. The van der Waals surface area contributed by atoms with Crippen molar-refractivity contribution in [2.45, 2.75) is 6.54 Å². The second-order valence-corrected chi connectivity index (χ2v) is 7.17. The molecule has 2 aliphatic heterocycles. The van der Waals surface area contributed by atoms with E-state index in [1.165, 1.54) is 10.5 Å². The van der Waals surface area contributed by atoms with Gasteiger partial charge in [-0.3, -0.25) is 14.8 Å².